The first kappa shape index (κ1) is 15.1. The first-order valence-corrected chi connectivity index (χ1v) is 6.82. The summed E-state index contributed by atoms with van der Waals surface area (Å²) in [5, 5.41) is 0. The lowest BCUT2D eigenvalue weighted by molar-refractivity contribution is -0.185. The Kier molecular flexibility index (Phi) is 6.07. The van der Waals surface area contributed by atoms with Crippen LogP contribution in [0.2, 0.25) is 0 Å². The lowest BCUT2D eigenvalue weighted by Gasteiger charge is -2.33. The molecule has 1 saturated heterocycles. The average molecular weight is 272 g/mol. The average Bonchev–Trinajstić information content (AvgIpc) is 2.26. The number of rotatable bonds is 5. The zero-order valence-electron chi connectivity index (χ0n) is 10.3. The largest absolute Gasteiger partial charge is 0.391 e. The molecule has 1 rings (SSSR count). The third-order valence-corrected chi connectivity index (χ3v) is 3.81. The third-order valence-electron chi connectivity index (χ3n) is 3.59. The van der Waals surface area contributed by atoms with E-state index in [1.807, 2.05) is 0 Å². The summed E-state index contributed by atoms with van der Waals surface area (Å²) in [5.41, 5.74) is 0. The molecule has 0 aromatic rings. The van der Waals surface area contributed by atoms with Crippen molar-refractivity contribution in [3.05, 3.63) is 0 Å². The van der Waals surface area contributed by atoms with Crippen LogP contribution in [0.5, 0.6) is 0 Å². The summed E-state index contributed by atoms with van der Waals surface area (Å²) in [6, 6.07) is 0. The molecule has 0 N–H and O–H groups in total. The van der Waals surface area contributed by atoms with E-state index in [2.05, 4.69) is 11.8 Å². The van der Waals surface area contributed by atoms with Gasteiger partial charge in [0.1, 0.15) is 0 Å². The van der Waals surface area contributed by atoms with Crippen molar-refractivity contribution >= 4 is 11.6 Å². The van der Waals surface area contributed by atoms with Gasteiger partial charge in [-0.2, -0.15) is 13.2 Å². The maximum Gasteiger partial charge on any atom is 0.391 e. The van der Waals surface area contributed by atoms with Gasteiger partial charge in [-0.05, 0) is 51.2 Å². The molecular weight excluding hydrogens is 251 g/mol. The van der Waals surface area contributed by atoms with Crippen molar-refractivity contribution < 1.29 is 13.2 Å². The molecule has 1 aliphatic rings. The van der Waals surface area contributed by atoms with Crippen molar-refractivity contribution in [1.29, 1.82) is 0 Å². The van der Waals surface area contributed by atoms with Crippen LogP contribution in [0, 0.1) is 11.8 Å². The number of likely N-dealkylation sites (tertiary alicyclic amines) is 1. The Hall–Kier alpha value is 0.0400. The van der Waals surface area contributed by atoms with Crippen molar-refractivity contribution in [3.8, 4) is 0 Å². The van der Waals surface area contributed by atoms with Crippen LogP contribution in [0.1, 0.15) is 32.6 Å². The predicted molar refractivity (Wildman–Crippen MR) is 64.3 cm³/mol. The number of hydrogen-bond donors (Lipinski definition) is 0. The van der Waals surface area contributed by atoms with Crippen molar-refractivity contribution in [3.63, 3.8) is 0 Å². The Balaban J connectivity index is 2.19. The molecule has 17 heavy (non-hydrogen) atoms. The van der Waals surface area contributed by atoms with E-state index in [1.54, 1.807) is 0 Å². The zero-order chi connectivity index (χ0) is 12.9. The molecule has 0 spiro atoms. The molecule has 0 radical (unpaired) electrons. The minimum Gasteiger partial charge on any atom is -0.303 e. The Labute approximate surface area is 106 Å². The van der Waals surface area contributed by atoms with Gasteiger partial charge >= 0.3 is 6.18 Å². The quantitative estimate of drug-likeness (QED) is 0.685. The molecule has 0 amide bonds. The van der Waals surface area contributed by atoms with Gasteiger partial charge in [0.15, 0.2) is 0 Å². The number of halogens is 4. The number of alkyl halides is 4. The zero-order valence-corrected chi connectivity index (χ0v) is 11.0. The van der Waals surface area contributed by atoms with E-state index < -0.39 is 12.1 Å². The van der Waals surface area contributed by atoms with Gasteiger partial charge in [0, 0.05) is 5.88 Å². The summed E-state index contributed by atoms with van der Waals surface area (Å²) in [4.78, 5) is 2.15. The van der Waals surface area contributed by atoms with Crippen molar-refractivity contribution in [2.24, 2.45) is 11.8 Å². The molecule has 1 unspecified atom stereocenters. The highest BCUT2D eigenvalue weighted by molar-refractivity contribution is 6.17. The number of piperidine rings is 1. The van der Waals surface area contributed by atoms with Gasteiger partial charge in [-0.15, -0.1) is 11.6 Å². The molecular formula is C12H21ClF3N. The fraction of sp³-hybridized carbons (Fsp3) is 1.00. The monoisotopic (exact) mass is 271 g/mol. The molecule has 0 aliphatic carbocycles. The summed E-state index contributed by atoms with van der Waals surface area (Å²) in [7, 11) is 0. The fourth-order valence-electron chi connectivity index (χ4n) is 2.22. The van der Waals surface area contributed by atoms with Crippen LogP contribution in [0.4, 0.5) is 13.2 Å². The molecule has 1 fully saturated rings. The highest BCUT2D eigenvalue weighted by atomic mass is 35.5. The van der Waals surface area contributed by atoms with E-state index in [1.165, 1.54) is 0 Å². The van der Waals surface area contributed by atoms with Crippen LogP contribution >= 0.6 is 11.6 Å². The van der Waals surface area contributed by atoms with Gasteiger partial charge < -0.3 is 4.90 Å². The maximum absolute atomic E-state index is 12.4. The number of nitrogens with zero attached hydrogens (tertiary/aromatic N) is 1. The van der Waals surface area contributed by atoms with Crippen molar-refractivity contribution in [2.45, 2.75) is 38.8 Å². The van der Waals surface area contributed by atoms with Gasteiger partial charge in [-0.3, -0.25) is 0 Å². The van der Waals surface area contributed by atoms with Gasteiger partial charge in [0.2, 0.25) is 0 Å². The Morgan fingerprint density at radius 1 is 1.24 bits per heavy atom. The minimum atomic E-state index is -4.00. The summed E-state index contributed by atoms with van der Waals surface area (Å²) in [6.07, 6.45) is -1.47. The van der Waals surface area contributed by atoms with Crippen LogP contribution < -0.4 is 0 Å². The van der Waals surface area contributed by atoms with Gasteiger partial charge in [0.25, 0.3) is 0 Å². The van der Waals surface area contributed by atoms with Crippen LogP contribution in [0.15, 0.2) is 0 Å². The van der Waals surface area contributed by atoms with E-state index in [0.29, 0.717) is 24.9 Å². The fourth-order valence-corrected chi connectivity index (χ4v) is 2.59. The second-order valence-corrected chi connectivity index (χ2v) is 5.41. The molecule has 1 heterocycles. The van der Waals surface area contributed by atoms with Crippen LogP contribution in [0.25, 0.3) is 0 Å². The number of hydrogen-bond acceptors (Lipinski definition) is 1. The highest BCUT2D eigenvalue weighted by Gasteiger charge is 2.40. The molecule has 1 aliphatic heterocycles. The second kappa shape index (κ2) is 6.83. The maximum atomic E-state index is 12.4. The highest BCUT2D eigenvalue weighted by Crippen LogP contribution is 2.34. The van der Waals surface area contributed by atoms with Crippen LogP contribution in [-0.2, 0) is 0 Å². The summed E-state index contributed by atoms with van der Waals surface area (Å²) >= 11 is 5.65. The normalized spacial score (nSPS) is 21.7. The summed E-state index contributed by atoms with van der Waals surface area (Å²) in [6.45, 7) is 4.21. The molecule has 5 heteroatoms. The van der Waals surface area contributed by atoms with Crippen LogP contribution in [-0.4, -0.2) is 36.6 Å². The van der Waals surface area contributed by atoms with E-state index in [-0.39, 0.29) is 12.8 Å². The Morgan fingerprint density at radius 2 is 1.82 bits per heavy atom. The molecule has 1 atom stereocenters. The Morgan fingerprint density at radius 3 is 2.29 bits per heavy atom. The molecule has 0 saturated carbocycles. The lowest BCUT2D eigenvalue weighted by Crippen LogP contribution is -2.39. The molecule has 1 nitrogen and oxygen atoms in total. The van der Waals surface area contributed by atoms with Gasteiger partial charge in [-0.1, -0.05) is 6.92 Å². The minimum absolute atomic E-state index is 0.257. The van der Waals surface area contributed by atoms with Crippen molar-refractivity contribution in [1.82, 2.24) is 4.90 Å². The molecule has 0 bridgehead atoms. The summed E-state index contributed by atoms with van der Waals surface area (Å²) < 4.78 is 37.3. The first-order valence-electron chi connectivity index (χ1n) is 6.28. The van der Waals surface area contributed by atoms with E-state index in [9.17, 15) is 13.2 Å². The van der Waals surface area contributed by atoms with E-state index in [4.69, 9.17) is 11.6 Å². The van der Waals surface area contributed by atoms with Crippen LogP contribution in [0.3, 0.4) is 0 Å². The van der Waals surface area contributed by atoms with Gasteiger partial charge in [-0.25, -0.2) is 0 Å². The van der Waals surface area contributed by atoms with Gasteiger partial charge in [0.05, 0.1) is 5.92 Å². The predicted octanol–water partition coefficient (Wildman–Crippen LogP) is 3.92. The Bertz CT molecular complexity index is 212. The third kappa shape index (κ3) is 5.47. The lowest BCUT2D eigenvalue weighted by atomic mass is 9.95. The topological polar surface area (TPSA) is 3.24 Å². The van der Waals surface area contributed by atoms with E-state index in [0.717, 1.165) is 19.4 Å². The standard InChI is InChI=1S/C12H21ClF3N/c1-10(2-6-13)3-7-17-8-4-11(5-9-17)12(14,15)16/h10-11H,2-9H2,1H3. The SMILES string of the molecule is CC(CCCl)CCN1CCC(C(F)(F)F)CC1. The molecule has 102 valence electrons. The second-order valence-electron chi connectivity index (χ2n) is 5.03. The summed E-state index contributed by atoms with van der Waals surface area (Å²) in [5.74, 6) is 0.143. The van der Waals surface area contributed by atoms with Crippen molar-refractivity contribution in [2.75, 3.05) is 25.5 Å². The smallest absolute Gasteiger partial charge is 0.303 e. The molecule has 0 aromatic carbocycles. The van der Waals surface area contributed by atoms with E-state index >= 15 is 0 Å². The molecule has 0 aromatic heterocycles. The first-order chi connectivity index (χ1) is 7.93.